The van der Waals surface area contributed by atoms with Gasteiger partial charge in [0.15, 0.2) is 0 Å². The molecule has 0 atom stereocenters. The minimum absolute atomic E-state index is 0.271. The van der Waals surface area contributed by atoms with Gasteiger partial charge in [0.1, 0.15) is 0 Å². The zero-order chi connectivity index (χ0) is 8.69. The Balaban J connectivity index is 0.000000218. The van der Waals surface area contributed by atoms with Gasteiger partial charge in [-0.15, -0.1) is 47.3 Å². The molecule has 1 aromatic carbocycles. The Morgan fingerprint density at radius 2 is 1.36 bits per heavy atom. The van der Waals surface area contributed by atoms with Crippen LogP contribution in [0, 0.1) is 6.92 Å². The van der Waals surface area contributed by atoms with E-state index in [-0.39, 0.29) is 3.18 Å². The molecule has 0 unspecified atom stereocenters. The number of hydrogen-bond donors (Lipinski definition) is 0. The van der Waals surface area contributed by atoms with Crippen LogP contribution in [0.3, 0.4) is 0 Å². The fourth-order valence-corrected chi connectivity index (χ4v) is 0.534. The van der Waals surface area contributed by atoms with E-state index in [0.29, 0.717) is 0 Å². The summed E-state index contributed by atoms with van der Waals surface area (Å²) in [5, 5.41) is 0. The fourth-order valence-electron chi connectivity index (χ4n) is 0.534. The molecule has 0 heterocycles. The molecule has 0 spiro atoms. The third kappa shape index (κ3) is 10.7. The van der Waals surface area contributed by atoms with E-state index in [9.17, 15) is 0 Å². The lowest BCUT2D eigenvalue weighted by atomic mass is 10.2. The highest BCUT2D eigenvalue weighted by molar-refractivity contribution is 9.69. The molecule has 0 saturated heterocycles. The monoisotopic (exact) mass is 340 g/mol. The molecule has 0 radical (unpaired) electrons. The molecule has 0 N–H and O–H groups in total. The fraction of sp³-hybridized carbons (Fsp3) is 0.143. The maximum Gasteiger partial charge on any atom is 0.369 e. The van der Waals surface area contributed by atoms with Crippen LogP contribution in [-0.2, 0) is 0 Å². The molecule has 0 aromatic heterocycles. The van der Waals surface area contributed by atoms with Gasteiger partial charge < -0.3 is 0 Å². The van der Waals surface area contributed by atoms with Crippen molar-refractivity contribution in [3.63, 3.8) is 0 Å². The number of rotatable bonds is 0. The summed E-state index contributed by atoms with van der Waals surface area (Å²) in [6.07, 6.45) is 0. The number of aryl methyl sites for hydroxylation is 1. The summed E-state index contributed by atoms with van der Waals surface area (Å²) in [6, 6.07) is 10.3. The van der Waals surface area contributed by atoms with E-state index in [1.807, 2.05) is 18.2 Å². The first kappa shape index (κ1) is 11.7. The first-order valence-corrected chi connectivity index (χ1v) is 5.81. The summed E-state index contributed by atoms with van der Waals surface area (Å²) in [6.45, 7) is 2.08. The minimum Gasteiger partial charge on any atom is -0.123 e. The predicted molar refractivity (Wildman–Crippen MR) is 63.7 cm³/mol. The lowest BCUT2D eigenvalue weighted by molar-refractivity contribution is 1.48. The molecular formula is C7H8BBr3. The van der Waals surface area contributed by atoms with Gasteiger partial charge in [-0.25, -0.2) is 0 Å². The van der Waals surface area contributed by atoms with Crippen LogP contribution in [0.5, 0.6) is 0 Å². The second kappa shape index (κ2) is 7.38. The van der Waals surface area contributed by atoms with E-state index in [1.165, 1.54) is 5.56 Å². The molecule has 0 aliphatic rings. The Morgan fingerprint density at radius 1 is 1.00 bits per heavy atom. The molecule has 1 aromatic rings. The van der Waals surface area contributed by atoms with Crippen LogP contribution in [0.15, 0.2) is 30.3 Å². The minimum atomic E-state index is 0.271. The average Bonchev–Trinajstić information content (AvgIpc) is 1.87. The van der Waals surface area contributed by atoms with Crippen molar-refractivity contribution < 1.29 is 0 Å². The number of hydrogen-bond acceptors (Lipinski definition) is 0. The third-order valence-corrected chi connectivity index (χ3v) is 0.940. The normalized spacial score (nSPS) is 8.00. The van der Waals surface area contributed by atoms with E-state index in [1.54, 1.807) is 0 Å². The highest BCUT2D eigenvalue weighted by Crippen LogP contribution is 2.07. The van der Waals surface area contributed by atoms with Crippen molar-refractivity contribution in [2.24, 2.45) is 0 Å². The standard InChI is InChI=1S/C7H8.BBr3/c1-7-5-3-2-4-6-7;2-1(3)4/h2-6H,1H3;. The Morgan fingerprint density at radius 3 is 1.55 bits per heavy atom. The Hall–Kier alpha value is 0.725. The zero-order valence-electron chi connectivity index (χ0n) is 6.10. The molecule has 0 amide bonds. The highest BCUT2D eigenvalue weighted by atomic mass is 79.9. The summed E-state index contributed by atoms with van der Waals surface area (Å²) in [4.78, 5) is 0. The molecule has 60 valence electrons. The van der Waals surface area contributed by atoms with Crippen LogP contribution in [-0.4, -0.2) is 3.18 Å². The smallest absolute Gasteiger partial charge is 0.123 e. The van der Waals surface area contributed by atoms with Crippen molar-refractivity contribution >= 4 is 50.5 Å². The maximum atomic E-state index is 3.10. The topological polar surface area (TPSA) is 0 Å². The molecule has 0 aliphatic heterocycles. The molecule has 4 heteroatoms. The van der Waals surface area contributed by atoms with Crippen molar-refractivity contribution in [3.05, 3.63) is 35.9 Å². The molecule has 11 heavy (non-hydrogen) atoms. The Labute approximate surface area is 92.8 Å². The molecule has 0 aliphatic carbocycles. The first-order valence-electron chi connectivity index (χ1n) is 3.07. The first-order chi connectivity index (χ1) is 5.13. The van der Waals surface area contributed by atoms with Gasteiger partial charge in [0.2, 0.25) is 0 Å². The van der Waals surface area contributed by atoms with Crippen LogP contribution in [0.1, 0.15) is 5.56 Å². The van der Waals surface area contributed by atoms with Crippen molar-refractivity contribution in [3.8, 4) is 0 Å². The maximum absolute atomic E-state index is 3.10. The van der Waals surface area contributed by atoms with Crippen LogP contribution in [0.25, 0.3) is 0 Å². The number of benzene rings is 1. The van der Waals surface area contributed by atoms with E-state index in [4.69, 9.17) is 0 Å². The van der Waals surface area contributed by atoms with Gasteiger partial charge >= 0.3 is 3.18 Å². The average molecular weight is 343 g/mol. The van der Waals surface area contributed by atoms with Crippen molar-refractivity contribution in [2.45, 2.75) is 6.92 Å². The molecule has 1 rings (SSSR count). The van der Waals surface area contributed by atoms with Gasteiger partial charge in [-0.05, 0) is 6.92 Å². The van der Waals surface area contributed by atoms with Crippen molar-refractivity contribution in [1.29, 1.82) is 0 Å². The van der Waals surface area contributed by atoms with Crippen LogP contribution in [0.4, 0.5) is 0 Å². The predicted octanol–water partition coefficient (Wildman–Crippen LogP) is 4.15. The van der Waals surface area contributed by atoms with Crippen LogP contribution >= 0.6 is 47.3 Å². The number of halogens is 3. The van der Waals surface area contributed by atoms with Gasteiger partial charge in [-0.1, -0.05) is 35.9 Å². The van der Waals surface area contributed by atoms with Crippen LogP contribution < -0.4 is 0 Å². The summed E-state index contributed by atoms with van der Waals surface area (Å²) >= 11 is 9.31. The van der Waals surface area contributed by atoms with E-state index in [2.05, 4.69) is 66.3 Å². The van der Waals surface area contributed by atoms with Gasteiger partial charge in [0, 0.05) is 0 Å². The highest BCUT2D eigenvalue weighted by Gasteiger charge is 1.87. The van der Waals surface area contributed by atoms with E-state index < -0.39 is 0 Å². The lowest BCUT2D eigenvalue weighted by Crippen LogP contribution is -1.62. The lowest BCUT2D eigenvalue weighted by Gasteiger charge is -1.82. The van der Waals surface area contributed by atoms with Crippen molar-refractivity contribution in [1.82, 2.24) is 0 Å². The van der Waals surface area contributed by atoms with Crippen LogP contribution in [0.2, 0.25) is 0 Å². The molecule has 0 bridgehead atoms. The third-order valence-electron chi connectivity index (χ3n) is 0.940. The molecule has 0 fully saturated rings. The van der Waals surface area contributed by atoms with E-state index >= 15 is 0 Å². The van der Waals surface area contributed by atoms with Gasteiger partial charge in [0.25, 0.3) is 0 Å². The summed E-state index contributed by atoms with van der Waals surface area (Å²) in [7, 11) is 0. The summed E-state index contributed by atoms with van der Waals surface area (Å²) in [5.74, 6) is 0. The summed E-state index contributed by atoms with van der Waals surface area (Å²) < 4.78 is 0.271. The van der Waals surface area contributed by atoms with E-state index in [0.717, 1.165) is 0 Å². The van der Waals surface area contributed by atoms with Crippen molar-refractivity contribution in [2.75, 3.05) is 0 Å². The quantitative estimate of drug-likeness (QED) is 0.621. The molecule has 0 saturated carbocycles. The van der Waals surface area contributed by atoms with Gasteiger partial charge in [-0.2, -0.15) is 0 Å². The van der Waals surface area contributed by atoms with Gasteiger partial charge in [0.05, 0.1) is 0 Å². The second-order valence-corrected chi connectivity index (χ2v) is 8.34. The Bertz CT molecular complexity index is 174. The molecular weight excluding hydrogens is 335 g/mol. The zero-order valence-corrected chi connectivity index (χ0v) is 10.9. The van der Waals surface area contributed by atoms with Gasteiger partial charge in [-0.3, -0.25) is 0 Å². The Kier molecular flexibility index (Phi) is 7.86. The second-order valence-electron chi connectivity index (χ2n) is 1.90. The summed E-state index contributed by atoms with van der Waals surface area (Å²) in [5.41, 5.74) is 1.32. The largest absolute Gasteiger partial charge is 0.369 e. The molecule has 0 nitrogen and oxygen atoms in total. The SMILES string of the molecule is BrB(Br)Br.Cc1ccccc1.